The highest BCUT2D eigenvalue weighted by Gasteiger charge is 2.27. The summed E-state index contributed by atoms with van der Waals surface area (Å²) in [6.45, 7) is 1.94. The molecule has 0 aliphatic heterocycles. The van der Waals surface area contributed by atoms with Gasteiger partial charge in [-0.25, -0.2) is 8.42 Å². The smallest absolute Gasteiger partial charge is 0.324 e. The van der Waals surface area contributed by atoms with Gasteiger partial charge in [0.1, 0.15) is 18.9 Å². The Morgan fingerprint density at radius 2 is 1.81 bits per heavy atom. The maximum absolute atomic E-state index is 13.1. The van der Waals surface area contributed by atoms with Crippen molar-refractivity contribution in [2.45, 2.75) is 11.8 Å². The van der Waals surface area contributed by atoms with E-state index in [1.165, 1.54) is 18.2 Å². The number of rotatable bonds is 10. The van der Waals surface area contributed by atoms with Crippen LogP contribution in [0.1, 0.15) is 5.56 Å². The third-order valence-electron chi connectivity index (χ3n) is 4.31. The first kappa shape index (κ1) is 22.1. The van der Waals surface area contributed by atoms with Gasteiger partial charge in [-0.05, 0) is 48.9 Å². The summed E-state index contributed by atoms with van der Waals surface area (Å²) in [5.74, 6) is -0.810. The fourth-order valence-electron chi connectivity index (χ4n) is 2.95. The lowest BCUT2D eigenvalue weighted by Gasteiger charge is -2.24. The number of hydrogen-bond acceptors (Lipinski definition) is 6. The standard InChI is InChI=1S/C22H23N3O5S/c1-17-13-19(15-20(14-17)30-12-11-24-18-7-9-23-10-8-18)25(16-22(26)27)31(28,29)21-5-3-2-4-6-21/h2-10,13-15H,11-12,16H2,1H3,(H,23,24)(H,26,27). The van der Waals surface area contributed by atoms with E-state index >= 15 is 0 Å². The topological polar surface area (TPSA) is 109 Å². The van der Waals surface area contributed by atoms with E-state index in [4.69, 9.17) is 4.74 Å². The molecule has 0 atom stereocenters. The van der Waals surface area contributed by atoms with E-state index < -0.39 is 22.5 Å². The Kier molecular flexibility index (Phi) is 7.09. The van der Waals surface area contributed by atoms with Crippen molar-refractivity contribution in [3.8, 4) is 5.75 Å². The number of aryl methyl sites for hydroxylation is 1. The van der Waals surface area contributed by atoms with Crippen molar-refractivity contribution in [1.82, 2.24) is 4.98 Å². The lowest BCUT2D eigenvalue weighted by atomic mass is 10.2. The number of carbonyl (C=O) groups is 1. The number of aliphatic carboxylic acids is 1. The second kappa shape index (κ2) is 9.94. The second-order valence-electron chi connectivity index (χ2n) is 6.73. The molecular formula is C22H23N3O5S. The monoisotopic (exact) mass is 441 g/mol. The van der Waals surface area contributed by atoms with Crippen molar-refractivity contribution in [3.05, 3.63) is 78.6 Å². The highest BCUT2D eigenvalue weighted by atomic mass is 32.2. The molecule has 0 amide bonds. The van der Waals surface area contributed by atoms with E-state index in [-0.39, 0.29) is 10.6 Å². The third-order valence-corrected chi connectivity index (χ3v) is 6.10. The van der Waals surface area contributed by atoms with E-state index in [0.717, 1.165) is 15.6 Å². The van der Waals surface area contributed by atoms with E-state index in [1.807, 2.05) is 12.1 Å². The molecule has 0 spiro atoms. The first-order valence-corrected chi connectivity index (χ1v) is 11.0. The zero-order valence-corrected chi connectivity index (χ0v) is 17.7. The fraction of sp³-hybridized carbons (Fsp3) is 0.182. The summed E-state index contributed by atoms with van der Waals surface area (Å²) in [4.78, 5) is 15.4. The fourth-order valence-corrected chi connectivity index (χ4v) is 4.37. The molecule has 1 heterocycles. The summed E-state index contributed by atoms with van der Waals surface area (Å²) in [7, 11) is -4.07. The van der Waals surface area contributed by atoms with Gasteiger partial charge < -0.3 is 15.2 Å². The zero-order valence-electron chi connectivity index (χ0n) is 16.9. The van der Waals surface area contributed by atoms with Crippen LogP contribution in [0.4, 0.5) is 11.4 Å². The van der Waals surface area contributed by atoms with Gasteiger partial charge in [0, 0.05) is 30.7 Å². The van der Waals surface area contributed by atoms with Crippen molar-refractivity contribution < 1.29 is 23.1 Å². The zero-order chi connectivity index (χ0) is 22.3. The van der Waals surface area contributed by atoms with Crippen LogP contribution >= 0.6 is 0 Å². The number of pyridine rings is 1. The lowest BCUT2D eigenvalue weighted by molar-refractivity contribution is -0.135. The van der Waals surface area contributed by atoms with Gasteiger partial charge in [0.25, 0.3) is 10.0 Å². The first-order chi connectivity index (χ1) is 14.9. The Balaban J connectivity index is 1.80. The molecular weight excluding hydrogens is 418 g/mol. The Morgan fingerprint density at radius 3 is 2.48 bits per heavy atom. The molecule has 0 saturated heterocycles. The van der Waals surface area contributed by atoms with Crippen LogP contribution in [0.5, 0.6) is 5.75 Å². The number of carboxylic acids is 1. The summed E-state index contributed by atoms with van der Waals surface area (Å²) < 4.78 is 32.9. The van der Waals surface area contributed by atoms with Crippen molar-refractivity contribution in [2.24, 2.45) is 0 Å². The van der Waals surface area contributed by atoms with Crippen LogP contribution in [0.2, 0.25) is 0 Å². The van der Waals surface area contributed by atoms with E-state index in [2.05, 4.69) is 10.3 Å². The molecule has 0 aliphatic rings. The van der Waals surface area contributed by atoms with Gasteiger partial charge in [0.2, 0.25) is 0 Å². The Morgan fingerprint density at radius 1 is 1.10 bits per heavy atom. The second-order valence-corrected chi connectivity index (χ2v) is 8.60. The predicted molar refractivity (Wildman–Crippen MR) is 118 cm³/mol. The summed E-state index contributed by atoms with van der Waals surface area (Å²) in [5.41, 5.74) is 1.88. The van der Waals surface area contributed by atoms with Gasteiger partial charge in [0.05, 0.1) is 10.6 Å². The summed E-state index contributed by atoms with van der Waals surface area (Å²) in [5, 5.41) is 12.5. The highest BCUT2D eigenvalue weighted by molar-refractivity contribution is 7.92. The van der Waals surface area contributed by atoms with Crippen molar-refractivity contribution in [3.63, 3.8) is 0 Å². The molecule has 9 heteroatoms. The van der Waals surface area contributed by atoms with Crippen LogP contribution < -0.4 is 14.4 Å². The maximum Gasteiger partial charge on any atom is 0.324 e. The minimum Gasteiger partial charge on any atom is -0.492 e. The molecule has 8 nitrogen and oxygen atoms in total. The van der Waals surface area contributed by atoms with Crippen molar-refractivity contribution in [1.29, 1.82) is 0 Å². The highest BCUT2D eigenvalue weighted by Crippen LogP contribution is 2.28. The molecule has 31 heavy (non-hydrogen) atoms. The van der Waals surface area contributed by atoms with Crippen molar-refractivity contribution >= 4 is 27.4 Å². The molecule has 2 N–H and O–H groups in total. The van der Waals surface area contributed by atoms with Gasteiger partial charge >= 0.3 is 5.97 Å². The van der Waals surface area contributed by atoms with Crippen LogP contribution in [-0.2, 0) is 14.8 Å². The molecule has 3 aromatic rings. The minimum absolute atomic E-state index is 0.0155. The van der Waals surface area contributed by atoms with Crippen LogP contribution in [-0.4, -0.2) is 44.2 Å². The number of aromatic nitrogens is 1. The van der Waals surface area contributed by atoms with Gasteiger partial charge in [0.15, 0.2) is 0 Å². The molecule has 0 radical (unpaired) electrons. The largest absolute Gasteiger partial charge is 0.492 e. The molecule has 0 saturated carbocycles. The summed E-state index contributed by atoms with van der Waals surface area (Å²) in [6, 6.07) is 16.3. The molecule has 0 fully saturated rings. The Labute approximate surface area is 181 Å². The predicted octanol–water partition coefficient (Wildman–Crippen LogP) is 3.16. The lowest BCUT2D eigenvalue weighted by Crippen LogP contribution is -2.35. The third kappa shape index (κ3) is 5.95. The van der Waals surface area contributed by atoms with E-state index in [9.17, 15) is 18.3 Å². The Hall–Kier alpha value is -3.59. The first-order valence-electron chi connectivity index (χ1n) is 9.54. The van der Waals surface area contributed by atoms with Crippen molar-refractivity contribution in [2.75, 3.05) is 29.3 Å². The molecule has 0 unspecified atom stereocenters. The van der Waals surface area contributed by atoms with E-state index in [1.54, 1.807) is 49.6 Å². The summed E-state index contributed by atoms with van der Waals surface area (Å²) >= 11 is 0. The van der Waals surface area contributed by atoms with E-state index in [0.29, 0.717) is 18.9 Å². The molecule has 3 rings (SSSR count). The number of nitrogens with one attached hydrogen (secondary N) is 1. The van der Waals surface area contributed by atoms with Crippen LogP contribution in [0.25, 0.3) is 0 Å². The number of anilines is 2. The maximum atomic E-state index is 13.1. The number of carboxylic acid groups (broad SMARTS) is 1. The average Bonchev–Trinajstić information content (AvgIpc) is 2.76. The molecule has 162 valence electrons. The average molecular weight is 442 g/mol. The number of hydrogen-bond donors (Lipinski definition) is 2. The number of sulfonamides is 1. The van der Waals surface area contributed by atoms with Gasteiger partial charge in [-0.2, -0.15) is 0 Å². The Bertz CT molecular complexity index is 1120. The van der Waals surface area contributed by atoms with Gasteiger partial charge in [-0.15, -0.1) is 0 Å². The number of ether oxygens (including phenoxy) is 1. The normalized spacial score (nSPS) is 11.0. The van der Waals surface area contributed by atoms with Crippen LogP contribution in [0.3, 0.4) is 0 Å². The van der Waals surface area contributed by atoms with Crippen LogP contribution in [0, 0.1) is 6.92 Å². The SMILES string of the molecule is Cc1cc(OCCNc2ccncc2)cc(N(CC(=O)O)S(=O)(=O)c2ccccc2)c1. The molecule has 0 bridgehead atoms. The molecule has 0 aliphatic carbocycles. The minimum atomic E-state index is -4.07. The summed E-state index contributed by atoms with van der Waals surface area (Å²) in [6.07, 6.45) is 3.36. The molecule has 1 aromatic heterocycles. The number of benzene rings is 2. The van der Waals surface area contributed by atoms with Gasteiger partial charge in [-0.3, -0.25) is 14.1 Å². The number of nitrogens with zero attached hydrogens (tertiary/aromatic N) is 2. The van der Waals surface area contributed by atoms with Gasteiger partial charge in [-0.1, -0.05) is 18.2 Å². The molecule has 2 aromatic carbocycles. The van der Waals surface area contributed by atoms with Crippen LogP contribution in [0.15, 0.2) is 78.0 Å². The quantitative estimate of drug-likeness (QED) is 0.465.